The van der Waals surface area contributed by atoms with Crippen molar-refractivity contribution in [1.29, 1.82) is 0 Å². The summed E-state index contributed by atoms with van der Waals surface area (Å²) >= 11 is 1.55. The van der Waals surface area contributed by atoms with E-state index in [0.29, 0.717) is 5.69 Å². The Bertz CT molecular complexity index is 1150. The number of pyridine rings is 1. The van der Waals surface area contributed by atoms with Gasteiger partial charge in [-0.2, -0.15) is 0 Å². The Labute approximate surface area is 169 Å². The number of amides is 1. The minimum Gasteiger partial charge on any atom is -0.322 e. The molecule has 0 fully saturated rings. The minimum atomic E-state index is -0.903. The molecule has 0 radical (unpaired) electrons. The number of nitrogens with zero attached hydrogens (tertiary/aromatic N) is 2. The van der Waals surface area contributed by atoms with E-state index in [-0.39, 0.29) is 0 Å². The molecule has 0 aliphatic rings. The highest BCUT2D eigenvalue weighted by molar-refractivity contribution is 7.15. The van der Waals surface area contributed by atoms with Crippen molar-refractivity contribution in [1.82, 2.24) is 9.97 Å². The zero-order chi connectivity index (χ0) is 20.4. The van der Waals surface area contributed by atoms with Gasteiger partial charge in [0, 0.05) is 22.3 Å². The van der Waals surface area contributed by atoms with Gasteiger partial charge in [0.25, 0.3) is 5.91 Å². The highest BCUT2D eigenvalue weighted by Crippen LogP contribution is 2.32. The number of rotatable bonds is 4. The summed E-state index contributed by atoms with van der Waals surface area (Å²) in [5.41, 5.74) is 2.33. The van der Waals surface area contributed by atoms with Gasteiger partial charge in [0.05, 0.1) is 11.4 Å². The molecule has 0 aliphatic carbocycles. The number of aromatic nitrogens is 2. The van der Waals surface area contributed by atoms with E-state index in [1.165, 1.54) is 6.07 Å². The van der Waals surface area contributed by atoms with E-state index in [0.717, 1.165) is 39.0 Å². The molecule has 29 heavy (non-hydrogen) atoms. The average molecular weight is 407 g/mol. The third kappa shape index (κ3) is 3.90. The summed E-state index contributed by atoms with van der Waals surface area (Å²) in [6.45, 7) is 1.98. The molecule has 7 heteroatoms. The Morgan fingerprint density at radius 3 is 2.34 bits per heavy atom. The second-order valence-electron chi connectivity index (χ2n) is 6.27. The molecule has 0 saturated heterocycles. The predicted octanol–water partition coefficient (Wildman–Crippen LogP) is 5.71. The molecule has 0 bridgehead atoms. The molecule has 144 valence electrons. The van der Waals surface area contributed by atoms with E-state index in [9.17, 15) is 13.6 Å². The summed E-state index contributed by atoms with van der Waals surface area (Å²) in [6.07, 6.45) is 1.72. The zero-order valence-corrected chi connectivity index (χ0v) is 16.1. The van der Waals surface area contributed by atoms with Crippen molar-refractivity contribution in [2.24, 2.45) is 0 Å². The molecule has 2 aromatic carbocycles. The van der Waals surface area contributed by atoms with Gasteiger partial charge in [-0.15, -0.1) is 11.3 Å². The summed E-state index contributed by atoms with van der Waals surface area (Å²) < 4.78 is 27.5. The molecule has 1 N–H and O–H groups in total. The third-order valence-electron chi connectivity index (χ3n) is 4.29. The number of anilines is 1. The Hall–Kier alpha value is -3.45. The molecule has 1 amide bonds. The van der Waals surface area contributed by atoms with Crippen LogP contribution in [0.3, 0.4) is 0 Å². The monoisotopic (exact) mass is 407 g/mol. The molecule has 0 spiro atoms. The molecular weight excluding hydrogens is 392 g/mol. The van der Waals surface area contributed by atoms with E-state index in [1.54, 1.807) is 41.8 Å². The van der Waals surface area contributed by atoms with Gasteiger partial charge >= 0.3 is 0 Å². The largest absolute Gasteiger partial charge is 0.322 e. The number of thiazole rings is 1. The molecule has 2 aromatic heterocycles. The van der Waals surface area contributed by atoms with Gasteiger partial charge in [0.15, 0.2) is 0 Å². The summed E-state index contributed by atoms with van der Waals surface area (Å²) in [5, 5.41) is 3.34. The lowest BCUT2D eigenvalue weighted by atomic mass is 10.1. The highest BCUT2D eigenvalue weighted by Gasteiger charge is 2.17. The van der Waals surface area contributed by atoms with Crippen molar-refractivity contribution in [3.05, 3.63) is 88.9 Å². The normalized spacial score (nSPS) is 10.7. The Morgan fingerprint density at radius 1 is 0.966 bits per heavy atom. The van der Waals surface area contributed by atoms with Crippen LogP contribution in [0.4, 0.5) is 14.5 Å². The molecule has 0 atom stereocenters. The molecule has 0 aliphatic heterocycles. The van der Waals surface area contributed by atoms with Gasteiger partial charge in [-0.1, -0.05) is 24.3 Å². The van der Waals surface area contributed by atoms with E-state index in [1.807, 2.05) is 25.1 Å². The van der Waals surface area contributed by atoms with Crippen LogP contribution in [0.15, 0.2) is 66.9 Å². The smallest absolute Gasteiger partial charge is 0.261 e. The lowest BCUT2D eigenvalue weighted by Gasteiger charge is -2.08. The van der Waals surface area contributed by atoms with Crippen molar-refractivity contribution in [3.63, 3.8) is 0 Å². The average Bonchev–Trinajstić information content (AvgIpc) is 3.11. The molecule has 0 unspecified atom stereocenters. The van der Waals surface area contributed by atoms with Gasteiger partial charge in [0.1, 0.15) is 22.2 Å². The van der Waals surface area contributed by atoms with Gasteiger partial charge < -0.3 is 5.32 Å². The summed E-state index contributed by atoms with van der Waals surface area (Å²) in [7, 11) is 0. The molecule has 4 aromatic rings. The van der Waals surface area contributed by atoms with E-state index < -0.39 is 23.1 Å². The number of benzene rings is 2. The first-order chi connectivity index (χ1) is 14.0. The number of hydrogen-bond donors (Lipinski definition) is 1. The van der Waals surface area contributed by atoms with Crippen LogP contribution in [0.2, 0.25) is 0 Å². The van der Waals surface area contributed by atoms with E-state index in [4.69, 9.17) is 0 Å². The van der Waals surface area contributed by atoms with Crippen molar-refractivity contribution in [2.45, 2.75) is 6.92 Å². The van der Waals surface area contributed by atoms with Crippen LogP contribution >= 0.6 is 11.3 Å². The summed E-state index contributed by atoms with van der Waals surface area (Å²) in [5.74, 6) is -2.64. The van der Waals surface area contributed by atoms with Crippen LogP contribution < -0.4 is 5.32 Å². The van der Waals surface area contributed by atoms with Crippen molar-refractivity contribution in [2.75, 3.05) is 5.32 Å². The van der Waals surface area contributed by atoms with Gasteiger partial charge in [-0.3, -0.25) is 9.78 Å². The molecule has 0 saturated carbocycles. The molecule has 4 rings (SSSR count). The predicted molar refractivity (Wildman–Crippen MR) is 110 cm³/mol. The third-order valence-corrected chi connectivity index (χ3v) is 5.28. The Balaban J connectivity index is 1.56. The van der Waals surface area contributed by atoms with Gasteiger partial charge in [0.2, 0.25) is 0 Å². The van der Waals surface area contributed by atoms with Gasteiger partial charge in [-0.05, 0) is 43.3 Å². The van der Waals surface area contributed by atoms with Crippen LogP contribution in [-0.2, 0) is 0 Å². The standard InChI is InChI=1S/C22H15F2N3OS/c1-13-20(27-22(29-13)18-7-2-3-12-25-18)14-8-10-15(11-9-14)26-21(28)19-16(23)5-4-6-17(19)24/h2-12H,1H3,(H,26,28). The second kappa shape index (κ2) is 7.89. The number of nitrogens with one attached hydrogen (secondary N) is 1. The van der Waals surface area contributed by atoms with Crippen LogP contribution in [0.25, 0.3) is 22.0 Å². The fraction of sp³-hybridized carbons (Fsp3) is 0.0455. The fourth-order valence-corrected chi connectivity index (χ4v) is 3.80. The second-order valence-corrected chi connectivity index (χ2v) is 7.47. The first kappa shape index (κ1) is 18.9. The number of aryl methyl sites for hydroxylation is 1. The van der Waals surface area contributed by atoms with Crippen molar-refractivity contribution >= 4 is 22.9 Å². The number of carbonyl (C=O) groups excluding carboxylic acids is 1. The maximum Gasteiger partial charge on any atom is 0.261 e. The lowest BCUT2D eigenvalue weighted by Crippen LogP contribution is -2.15. The Kier molecular flexibility index (Phi) is 5.14. The van der Waals surface area contributed by atoms with Crippen molar-refractivity contribution < 1.29 is 13.6 Å². The zero-order valence-electron chi connectivity index (χ0n) is 15.3. The fourth-order valence-electron chi connectivity index (χ4n) is 2.88. The van der Waals surface area contributed by atoms with E-state index >= 15 is 0 Å². The molecule has 2 heterocycles. The van der Waals surface area contributed by atoms with Crippen LogP contribution in [0.5, 0.6) is 0 Å². The number of hydrogen-bond acceptors (Lipinski definition) is 4. The van der Waals surface area contributed by atoms with Crippen molar-refractivity contribution in [3.8, 4) is 22.0 Å². The first-order valence-electron chi connectivity index (χ1n) is 8.77. The van der Waals surface area contributed by atoms with E-state index in [2.05, 4.69) is 15.3 Å². The highest BCUT2D eigenvalue weighted by atomic mass is 32.1. The quantitative estimate of drug-likeness (QED) is 0.471. The maximum atomic E-state index is 13.8. The SMILES string of the molecule is Cc1sc(-c2ccccn2)nc1-c1ccc(NC(=O)c2c(F)cccc2F)cc1. The number of carbonyl (C=O) groups is 1. The maximum absolute atomic E-state index is 13.8. The van der Waals surface area contributed by atoms with Crippen LogP contribution in [0.1, 0.15) is 15.2 Å². The summed E-state index contributed by atoms with van der Waals surface area (Å²) in [4.78, 5) is 22.3. The molecular formula is C22H15F2N3OS. The minimum absolute atomic E-state index is 0.430. The van der Waals surface area contributed by atoms with Crippen LogP contribution in [0, 0.1) is 18.6 Å². The summed E-state index contributed by atoms with van der Waals surface area (Å²) in [6, 6.07) is 15.9. The lowest BCUT2D eigenvalue weighted by molar-refractivity contribution is 0.101. The Morgan fingerprint density at radius 2 is 1.69 bits per heavy atom. The molecule has 4 nitrogen and oxygen atoms in total. The topological polar surface area (TPSA) is 54.9 Å². The number of halogens is 2. The van der Waals surface area contributed by atoms with Gasteiger partial charge in [-0.25, -0.2) is 13.8 Å². The van der Waals surface area contributed by atoms with Crippen LogP contribution in [-0.4, -0.2) is 15.9 Å². The first-order valence-corrected chi connectivity index (χ1v) is 9.59.